The zero-order valence-electron chi connectivity index (χ0n) is 8.28. The van der Waals surface area contributed by atoms with Gasteiger partial charge >= 0.3 is 0 Å². The largest absolute Gasteiger partial charge is 0.394 e. The monoisotopic (exact) mass is 230 g/mol. The molecule has 0 fully saturated rings. The second-order valence-electron chi connectivity index (χ2n) is 3.21. The maximum Gasteiger partial charge on any atom is 0.0723 e. The van der Waals surface area contributed by atoms with Crippen LogP contribution >= 0.6 is 11.6 Å². The van der Waals surface area contributed by atoms with Gasteiger partial charge in [-0.1, -0.05) is 11.6 Å². The molecule has 0 spiro atoms. The van der Waals surface area contributed by atoms with Gasteiger partial charge in [-0.25, -0.2) is 0 Å². The Morgan fingerprint density at radius 3 is 2.53 bits per heavy atom. The molecule has 0 aliphatic rings. The molecule has 15 heavy (non-hydrogen) atoms. The number of benzene rings is 1. The summed E-state index contributed by atoms with van der Waals surface area (Å²) in [5, 5.41) is 21.5. The van der Waals surface area contributed by atoms with Crippen molar-refractivity contribution in [3.05, 3.63) is 28.8 Å². The predicted octanol–water partition coefficient (Wildman–Crippen LogP) is 0.564. The molecule has 0 aliphatic carbocycles. The highest BCUT2D eigenvalue weighted by Gasteiger charge is 2.08. The highest BCUT2D eigenvalue weighted by molar-refractivity contribution is 6.30. The lowest BCUT2D eigenvalue weighted by molar-refractivity contribution is 0.204. The number of rotatable bonds is 5. The van der Waals surface area contributed by atoms with Gasteiger partial charge < -0.3 is 21.3 Å². The maximum atomic E-state index is 8.93. The van der Waals surface area contributed by atoms with Crippen molar-refractivity contribution in [1.29, 1.82) is 0 Å². The van der Waals surface area contributed by atoms with Gasteiger partial charge in [0.25, 0.3) is 0 Å². The number of halogens is 1. The van der Waals surface area contributed by atoms with Crippen molar-refractivity contribution in [2.75, 3.05) is 18.5 Å². The van der Waals surface area contributed by atoms with E-state index in [1.807, 2.05) is 0 Å². The van der Waals surface area contributed by atoms with E-state index in [2.05, 4.69) is 5.32 Å². The molecule has 0 saturated carbocycles. The Balaban J connectivity index is 2.83. The molecule has 5 N–H and O–H groups in total. The number of hydrogen-bond donors (Lipinski definition) is 4. The van der Waals surface area contributed by atoms with Crippen molar-refractivity contribution in [2.24, 2.45) is 5.73 Å². The van der Waals surface area contributed by atoms with E-state index in [4.69, 9.17) is 27.5 Å². The van der Waals surface area contributed by atoms with Crippen LogP contribution in [0.3, 0.4) is 0 Å². The van der Waals surface area contributed by atoms with E-state index in [9.17, 15) is 0 Å². The molecule has 0 aliphatic heterocycles. The molecule has 1 aromatic rings. The lowest BCUT2D eigenvalue weighted by Gasteiger charge is -2.17. The number of nitrogens with one attached hydrogen (secondary N) is 1. The molecule has 0 amide bonds. The summed E-state index contributed by atoms with van der Waals surface area (Å²) < 4.78 is 0. The van der Waals surface area contributed by atoms with E-state index in [0.717, 1.165) is 11.3 Å². The Labute approximate surface area is 93.7 Å². The van der Waals surface area contributed by atoms with Crippen LogP contribution in [0.2, 0.25) is 5.02 Å². The summed E-state index contributed by atoms with van der Waals surface area (Å²) in [5.41, 5.74) is 7.20. The Kier molecular flexibility index (Phi) is 4.84. The quantitative estimate of drug-likeness (QED) is 0.596. The first-order valence-corrected chi connectivity index (χ1v) is 5.05. The van der Waals surface area contributed by atoms with Crippen LogP contribution in [-0.4, -0.2) is 29.5 Å². The normalized spacial score (nSPS) is 10.7. The van der Waals surface area contributed by atoms with Gasteiger partial charge in [-0.3, -0.25) is 0 Å². The van der Waals surface area contributed by atoms with Crippen LogP contribution in [0.15, 0.2) is 18.2 Å². The highest BCUT2D eigenvalue weighted by Crippen LogP contribution is 2.20. The molecule has 0 aromatic heterocycles. The summed E-state index contributed by atoms with van der Waals surface area (Å²) in [5.74, 6) is 0. The van der Waals surface area contributed by atoms with Gasteiger partial charge in [0.1, 0.15) is 0 Å². The summed E-state index contributed by atoms with van der Waals surface area (Å²) in [4.78, 5) is 0. The fourth-order valence-corrected chi connectivity index (χ4v) is 1.44. The molecule has 84 valence electrons. The third kappa shape index (κ3) is 3.35. The predicted molar refractivity (Wildman–Crippen MR) is 60.9 cm³/mol. The molecular formula is C10H15ClN2O2. The molecule has 4 nitrogen and oxygen atoms in total. The minimum absolute atomic E-state index is 0.136. The summed E-state index contributed by atoms with van der Waals surface area (Å²) in [6.07, 6.45) is 0. The van der Waals surface area contributed by atoms with E-state index in [-0.39, 0.29) is 19.3 Å². The van der Waals surface area contributed by atoms with Crippen molar-refractivity contribution in [1.82, 2.24) is 0 Å². The van der Waals surface area contributed by atoms with Crippen LogP contribution in [0, 0.1) is 0 Å². The fraction of sp³-hybridized carbons (Fsp3) is 0.400. The van der Waals surface area contributed by atoms with Crippen molar-refractivity contribution in [3.63, 3.8) is 0 Å². The van der Waals surface area contributed by atoms with Gasteiger partial charge in [-0.05, 0) is 23.8 Å². The Bertz CT molecular complexity index is 316. The topological polar surface area (TPSA) is 78.5 Å². The Morgan fingerprint density at radius 2 is 2.00 bits per heavy atom. The Morgan fingerprint density at radius 1 is 1.33 bits per heavy atom. The van der Waals surface area contributed by atoms with E-state index in [1.165, 1.54) is 0 Å². The number of nitrogens with two attached hydrogens (primary N) is 1. The van der Waals surface area contributed by atoms with Gasteiger partial charge in [-0.2, -0.15) is 0 Å². The third-order valence-corrected chi connectivity index (χ3v) is 2.32. The first-order valence-electron chi connectivity index (χ1n) is 4.68. The average molecular weight is 231 g/mol. The number of hydrogen-bond acceptors (Lipinski definition) is 4. The van der Waals surface area contributed by atoms with Crippen LogP contribution in [0.4, 0.5) is 5.69 Å². The molecule has 5 heteroatoms. The maximum absolute atomic E-state index is 8.93. The zero-order valence-corrected chi connectivity index (χ0v) is 9.04. The van der Waals surface area contributed by atoms with Crippen molar-refractivity contribution >= 4 is 17.3 Å². The molecule has 0 bridgehead atoms. The molecule has 0 saturated heterocycles. The van der Waals surface area contributed by atoms with Crippen LogP contribution in [0.25, 0.3) is 0 Å². The van der Waals surface area contributed by atoms with E-state index in [0.29, 0.717) is 11.6 Å². The lowest BCUT2D eigenvalue weighted by atomic mass is 10.1. The van der Waals surface area contributed by atoms with Gasteiger partial charge in [-0.15, -0.1) is 0 Å². The Hall–Kier alpha value is -0.810. The molecule has 0 radical (unpaired) electrons. The lowest BCUT2D eigenvalue weighted by Crippen LogP contribution is -2.28. The standard InChI is InChI=1S/C10H15ClN2O2/c11-8-1-2-10(7(3-8)4-12)13-9(5-14)6-15/h1-3,9,13-15H,4-6,12H2. The molecule has 0 unspecified atom stereocenters. The smallest absolute Gasteiger partial charge is 0.0723 e. The first-order chi connectivity index (χ1) is 7.21. The molecule has 0 heterocycles. The van der Waals surface area contributed by atoms with Gasteiger partial charge in [0.15, 0.2) is 0 Å². The fourth-order valence-electron chi connectivity index (χ4n) is 1.24. The summed E-state index contributed by atoms with van der Waals surface area (Å²) in [6, 6.07) is 4.89. The molecule has 1 aromatic carbocycles. The van der Waals surface area contributed by atoms with Crippen LogP contribution in [-0.2, 0) is 6.54 Å². The minimum Gasteiger partial charge on any atom is -0.394 e. The second kappa shape index (κ2) is 5.92. The summed E-state index contributed by atoms with van der Waals surface area (Å²) in [6.45, 7) is 0.0821. The van der Waals surface area contributed by atoms with E-state index in [1.54, 1.807) is 18.2 Å². The number of aliphatic hydroxyl groups excluding tert-OH is 2. The van der Waals surface area contributed by atoms with Crippen molar-refractivity contribution < 1.29 is 10.2 Å². The van der Waals surface area contributed by atoms with Crippen molar-refractivity contribution in [3.8, 4) is 0 Å². The van der Waals surface area contributed by atoms with Crippen LogP contribution in [0.1, 0.15) is 5.56 Å². The summed E-state index contributed by atoms with van der Waals surface area (Å²) >= 11 is 5.82. The van der Waals surface area contributed by atoms with Gasteiger partial charge in [0.2, 0.25) is 0 Å². The zero-order chi connectivity index (χ0) is 11.3. The first kappa shape index (κ1) is 12.3. The van der Waals surface area contributed by atoms with E-state index < -0.39 is 0 Å². The molecule has 1 rings (SSSR count). The molecular weight excluding hydrogens is 216 g/mol. The third-order valence-electron chi connectivity index (χ3n) is 2.09. The highest BCUT2D eigenvalue weighted by atomic mass is 35.5. The van der Waals surface area contributed by atoms with Gasteiger partial charge in [0, 0.05) is 17.3 Å². The number of aliphatic hydroxyl groups is 2. The van der Waals surface area contributed by atoms with Gasteiger partial charge in [0.05, 0.1) is 19.3 Å². The summed E-state index contributed by atoms with van der Waals surface area (Å²) in [7, 11) is 0. The van der Waals surface area contributed by atoms with E-state index >= 15 is 0 Å². The van der Waals surface area contributed by atoms with Crippen molar-refractivity contribution in [2.45, 2.75) is 12.6 Å². The number of anilines is 1. The molecule has 0 atom stereocenters. The van der Waals surface area contributed by atoms with Crippen LogP contribution in [0.5, 0.6) is 0 Å². The van der Waals surface area contributed by atoms with Crippen LogP contribution < -0.4 is 11.1 Å². The second-order valence-corrected chi connectivity index (χ2v) is 3.65. The average Bonchev–Trinajstić information content (AvgIpc) is 2.27. The SMILES string of the molecule is NCc1cc(Cl)ccc1NC(CO)CO. The minimum atomic E-state index is -0.378.